The molecule has 3 amide bonds. The van der Waals surface area contributed by atoms with E-state index >= 15 is 0 Å². The van der Waals surface area contributed by atoms with Gasteiger partial charge in [-0.25, -0.2) is 4.39 Å². The molecule has 0 aliphatic carbocycles. The van der Waals surface area contributed by atoms with Crippen molar-refractivity contribution in [2.75, 3.05) is 0 Å². The van der Waals surface area contributed by atoms with Crippen molar-refractivity contribution in [1.29, 1.82) is 0 Å². The first kappa shape index (κ1) is 21.1. The number of rotatable bonds is 8. The van der Waals surface area contributed by atoms with E-state index in [-0.39, 0.29) is 12.8 Å². The number of primary amides is 1. The SMILES string of the molecule is CC(=O)N[C@H](Cc1ccc(F)cc1)C(=O)N[C@H](Cc1ccc(C)cc1)C(N)=O. The first-order valence-electron chi connectivity index (χ1n) is 8.91. The van der Waals surface area contributed by atoms with Crippen LogP contribution in [0.25, 0.3) is 0 Å². The standard InChI is InChI=1S/C21H24FN3O3/c1-13-3-5-15(6-4-13)11-18(20(23)27)25-21(28)19(24-14(2)26)12-16-7-9-17(22)10-8-16/h3-10,18-19H,11-12H2,1-2H3,(H2,23,27)(H,24,26)(H,25,28)/t18-,19-/m1/s1. The number of halogens is 1. The summed E-state index contributed by atoms with van der Waals surface area (Å²) >= 11 is 0. The highest BCUT2D eigenvalue weighted by Crippen LogP contribution is 2.09. The number of benzene rings is 2. The molecule has 0 fully saturated rings. The van der Waals surface area contributed by atoms with Crippen molar-refractivity contribution < 1.29 is 18.8 Å². The molecule has 0 bridgehead atoms. The molecule has 0 saturated carbocycles. The average molecular weight is 385 g/mol. The summed E-state index contributed by atoms with van der Waals surface area (Å²) in [4.78, 5) is 36.0. The van der Waals surface area contributed by atoms with Crippen LogP contribution in [0.2, 0.25) is 0 Å². The van der Waals surface area contributed by atoms with Crippen LogP contribution in [0.3, 0.4) is 0 Å². The summed E-state index contributed by atoms with van der Waals surface area (Å²) in [7, 11) is 0. The van der Waals surface area contributed by atoms with E-state index in [0.717, 1.165) is 11.1 Å². The Bertz CT molecular complexity index is 835. The lowest BCUT2D eigenvalue weighted by Gasteiger charge is -2.22. The summed E-state index contributed by atoms with van der Waals surface area (Å²) in [5.41, 5.74) is 8.05. The maximum absolute atomic E-state index is 13.1. The number of hydrogen-bond donors (Lipinski definition) is 3. The molecule has 0 spiro atoms. The van der Waals surface area contributed by atoms with Crippen molar-refractivity contribution in [3.05, 3.63) is 71.0 Å². The zero-order valence-electron chi connectivity index (χ0n) is 15.9. The van der Waals surface area contributed by atoms with Gasteiger partial charge < -0.3 is 16.4 Å². The third-order valence-corrected chi connectivity index (χ3v) is 4.27. The Hall–Kier alpha value is -3.22. The average Bonchev–Trinajstić information content (AvgIpc) is 2.63. The van der Waals surface area contributed by atoms with Crippen molar-refractivity contribution in [3.63, 3.8) is 0 Å². The fraction of sp³-hybridized carbons (Fsp3) is 0.286. The summed E-state index contributed by atoms with van der Waals surface area (Å²) in [6, 6.07) is 11.3. The summed E-state index contributed by atoms with van der Waals surface area (Å²) in [6.07, 6.45) is 0.395. The Morgan fingerprint density at radius 2 is 1.39 bits per heavy atom. The van der Waals surface area contributed by atoms with Gasteiger partial charge in [0, 0.05) is 19.8 Å². The molecular formula is C21H24FN3O3. The molecule has 4 N–H and O–H groups in total. The lowest BCUT2D eigenvalue weighted by Crippen LogP contribution is -2.54. The second kappa shape index (κ2) is 9.64. The fourth-order valence-electron chi connectivity index (χ4n) is 2.77. The minimum atomic E-state index is -0.917. The van der Waals surface area contributed by atoms with Gasteiger partial charge in [0.2, 0.25) is 17.7 Å². The van der Waals surface area contributed by atoms with Crippen LogP contribution in [-0.2, 0) is 27.2 Å². The highest BCUT2D eigenvalue weighted by atomic mass is 19.1. The Balaban J connectivity index is 2.11. The number of aryl methyl sites for hydroxylation is 1. The van der Waals surface area contributed by atoms with Crippen molar-refractivity contribution >= 4 is 17.7 Å². The van der Waals surface area contributed by atoms with Gasteiger partial charge >= 0.3 is 0 Å². The Labute approximate surface area is 163 Å². The van der Waals surface area contributed by atoms with Crippen LogP contribution in [-0.4, -0.2) is 29.8 Å². The van der Waals surface area contributed by atoms with E-state index in [1.807, 2.05) is 31.2 Å². The minimum Gasteiger partial charge on any atom is -0.368 e. The van der Waals surface area contributed by atoms with Gasteiger partial charge in [-0.2, -0.15) is 0 Å². The van der Waals surface area contributed by atoms with E-state index in [1.54, 1.807) is 0 Å². The first-order chi connectivity index (χ1) is 13.2. The lowest BCUT2D eigenvalue weighted by molar-refractivity contribution is -0.130. The minimum absolute atomic E-state index is 0.154. The van der Waals surface area contributed by atoms with Crippen LogP contribution in [0.5, 0.6) is 0 Å². The molecule has 0 heterocycles. The normalized spacial score (nSPS) is 12.7. The van der Waals surface area contributed by atoms with E-state index in [4.69, 9.17) is 5.73 Å². The molecule has 0 aliphatic heterocycles. The highest BCUT2D eigenvalue weighted by Gasteiger charge is 2.25. The lowest BCUT2D eigenvalue weighted by atomic mass is 10.0. The van der Waals surface area contributed by atoms with Crippen molar-refractivity contribution in [3.8, 4) is 0 Å². The summed E-state index contributed by atoms with van der Waals surface area (Å²) in [5, 5.41) is 5.18. The molecule has 0 saturated heterocycles. The number of nitrogens with one attached hydrogen (secondary N) is 2. The number of carbonyl (C=O) groups is 3. The molecular weight excluding hydrogens is 361 g/mol. The predicted molar refractivity (Wildman–Crippen MR) is 104 cm³/mol. The highest BCUT2D eigenvalue weighted by molar-refractivity contribution is 5.91. The van der Waals surface area contributed by atoms with Crippen molar-refractivity contribution in [2.24, 2.45) is 5.73 Å². The van der Waals surface area contributed by atoms with Gasteiger partial charge in [0.1, 0.15) is 17.9 Å². The van der Waals surface area contributed by atoms with Crippen LogP contribution < -0.4 is 16.4 Å². The molecule has 0 aliphatic rings. The molecule has 148 valence electrons. The topological polar surface area (TPSA) is 101 Å². The Kier molecular flexibility index (Phi) is 7.26. The monoisotopic (exact) mass is 385 g/mol. The molecule has 2 aromatic carbocycles. The van der Waals surface area contributed by atoms with E-state index in [1.165, 1.54) is 31.2 Å². The van der Waals surface area contributed by atoms with Gasteiger partial charge in [0.25, 0.3) is 0 Å². The molecule has 2 atom stereocenters. The molecule has 0 aromatic heterocycles. The third-order valence-electron chi connectivity index (χ3n) is 4.27. The number of nitrogens with two attached hydrogens (primary N) is 1. The molecule has 7 heteroatoms. The van der Waals surface area contributed by atoms with Crippen molar-refractivity contribution in [1.82, 2.24) is 10.6 Å². The molecule has 2 aromatic rings. The van der Waals surface area contributed by atoms with E-state index in [0.29, 0.717) is 5.56 Å². The zero-order valence-corrected chi connectivity index (χ0v) is 15.9. The summed E-state index contributed by atoms with van der Waals surface area (Å²) < 4.78 is 13.1. The van der Waals surface area contributed by atoms with Crippen molar-refractivity contribution in [2.45, 2.75) is 38.8 Å². The van der Waals surface area contributed by atoms with Gasteiger partial charge in [-0.1, -0.05) is 42.0 Å². The van der Waals surface area contributed by atoms with E-state index < -0.39 is 35.6 Å². The second-order valence-corrected chi connectivity index (χ2v) is 6.74. The summed E-state index contributed by atoms with van der Waals surface area (Å²) in [6.45, 7) is 3.24. The van der Waals surface area contributed by atoms with Crippen LogP contribution >= 0.6 is 0 Å². The Morgan fingerprint density at radius 3 is 1.89 bits per heavy atom. The maximum Gasteiger partial charge on any atom is 0.243 e. The second-order valence-electron chi connectivity index (χ2n) is 6.74. The molecule has 0 radical (unpaired) electrons. The number of hydrogen-bond acceptors (Lipinski definition) is 3. The van der Waals surface area contributed by atoms with Gasteiger partial charge in [-0.05, 0) is 30.2 Å². The number of amides is 3. The predicted octanol–water partition coefficient (Wildman–Crippen LogP) is 1.39. The molecule has 2 rings (SSSR count). The van der Waals surface area contributed by atoms with Gasteiger partial charge in [0.15, 0.2) is 0 Å². The van der Waals surface area contributed by atoms with Gasteiger partial charge in [-0.15, -0.1) is 0 Å². The van der Waals surface area contributed by atoms with Crippen LogP contribution in [0.15, 0.2) is 48.5 Å². The van der Waals surface area contributed by atoms with Gasteiger partial charge in [-0.3, -0.25) is 14.4 Å². The third kappa shape index (κ3) is 6.50. The smallest absolute Gasteiger partial charge is 0.243 e. The van der Waals surface area contributed by atoms with E-state index in [9.17, 15) is 18.8 Å². The first-order valence-corrected chi connectivity index (χ1v) is 8.91. The maximum atomic E-state index is 13.1. The van der Waals surface area contributed by atoms with Crippen LogP contribution in [0.4, 0.5) is 4.39 Å². The van der Waals surface area contributed by atoms with Gasteiger partial charge in [0.05, 0.1) is 0 Å². The molecule has 28 heavy (non-hydrogen) atoms. The number of carbonyl (C=O) groups excluding carboxylic acids is 3. The van der Waals surface area contributed by atoms with Crippen LogP contribution in [0.1, 0.15) is 23.6 Å². The largest absolute Gasteiger partial charge is 0.368 e. The van der Waals surface area contributed by atoms with E-state index in [2.05, 4.69) is 10.6 Å². The Morgan fingerprint density at radius 1 is 0.893 bits per heavy atom. The molecule has 0 unspecified atom stereocenters. The summed E-state index contributed by atoms with van der Waals surface area (Å²) in [5.74, 6) is -1.99. The molecule has 6 nitrogen and oxygen atoms in total. The van der Waals surface area contributed by atoms with Crippen LogP contribution in [0, 0.1) is 12.7 Å². The zero-order chi connectivity index (χ0) is 20.7. The fourth-order valence-corrected chi connectivity index (χ4v) is 2.77. The quantitative estimate of drug-likeness (QED) is 0.640.